The van der Waals surface area contributed by atoms with Crippen LogP contribution in [-0.4, -0.2) is 41.7 Å². The molecule has 180 valence electrons. The normalized spacial score (nSPS) is 16.0. The number of pyridine rings is 1. The number of esters is 1. The number of carbonyl (C=O) groups excluding carboxylic acids is 2. The average molecular weight is 501 g/mol. The highest BCUT2D eigenvalue weighted by atomic mass is 33.1. The van der Waals surface area contributed by atoms with Gasteiger partial charge in [-0.15, -0.1) is 0 Å². The first kappa shape index (κ1) is 24.6. The lowest BCUT2D eigenvalue weighted by molar-refractivity contribution is -0.610. The number of Topliss-reactive ketones (excluding diaryl/α,β-unsaturated/α-hetero) is 1. The number of nitrogens with one attached hydrogen (secondary N) is 1. The lowest BCUT2D eigenvalue weighted by atomic mass is 9.80. The number of rotatable bonds is 7. The first-order valence-corrected chi connectivity index (χ1v) is 13.5. The van der Waals surface area contributed by atoms with Crippen molar-refractivity contribution in [2.24, 2.45) is 0 Å². The predicted molar refractivity (Wildman–Crippen MR) is 136 cm³/mol. The largest absolute Gasteiger partial charge is 0.496 e. The molecular formula is C25H30N3O4S2+. The van der Waals surface area contributed by atoms with Crippen molar-refractivity contribution in [2.75, 3.05) is 20.0 Å². The molecule has 34 heavy (non-hydrogen) atoms. The lowest BCUT2D eigenvalue weighted by Crippen LogP contribution is -2.37. The van der Waals surface area contributed by atoms with Crippen molar-refractivity contribution in [1.29, 1.82) is 0 Å². The smallest absolute Gasteiger partial charge is 0.402 e. The van der Waals surface area contributed by atoms with Crippen LogP contribution >= 0.6 is 21.6 Å². The van der Waals surface area contributed by atoms with Crippen LogP contribution in [0.25, 0.3) is 17.0 Å². The molecule has 3 aromatic rings. The number of methoxy groups -OCH3 is 2. The maximum Gasteiger partial charge on any atom is 0.402 e. The second-order valence-electron chi connectivity index (χ2n) is 9.48. The van der Waals surface area contributed by atoms with E-state index in [9.17, 15) is 9.59 Å². The highest BCUT2D eigenvalue weighted by Crippen LogP contribution is 2.47. The minimum atomic E-state index is -0.547. The minimum absolute atomic E-state index is 0.229. The second-order valence-corrected chi connectivity index (χ2v) is 11.9. The van der Waals surface area contributed by atoms with Gasteiger partial charge < -0.3 is 9.47 Å². The number of imidazole rings is 1. The molecule has 0 aliphatic heterocycles. The van der Waals surface area contributed by atoms with Gasteiger partial charge in [0.2, 0.25) is 0 Å². The molecule has 0 amide bonds. The Morgan fingerprint density at radius 2 is 1.79 bits per heavy atom. The number of hydrogen-bond donors (Lipinski definition) is 1. The van der Waals surface area contributed by atoms with E-state index in [0.717, 1.165) is 39.2 Å². The van der Waals surface area contributed by atoms with Crippen molar-refractivity contribution in [2.45, 2.75) is 51.2 Å². The number of benzene rings is 1. The van der Waals surface area contributed by atoms with E-state index < -0.39 is 10.8 Å². The highest BCUT2D eigenvalue weighted by Gasteiger charge is 2.50. The summed E-state index contributed by atoms with van der Waals surface area (Å²) in [5.41, 5.74) is 4.75. The third kappa shape index (κ3) is 3.98. The van der Waals surface area contributed by atoms with Crippen molar-refractivity contribution in [1.82, 2.24) is 9.97 Å². The van der Waals surface area contributed by atoms with Crippen LogP contribution in [0.4, 0.5) is 0 Å². The molecule has 0 saturated carbocycles. The Morgan fingerprint density at radius 1 is 1.12 bits per heavy atom. The topological polar surface area (TPSA) is 85.2 Å². The molecule has 1 aliphatic carbocycles. The van der Waals surface area contributed by atoms with Crippen LogP contribution in [0.1, 0.15) is 50.1 Å². The molecule has 0 bridgehead atoms. The van der Waals surface area contributed by atoms with E-state index in [-0.39, 0.29) is 17.5 Å². The van der Waals surface area contributed by atoms with Crippen molar-refractivity contribution in [3.05, 3.63) is 46.8 Å². The molecule has 0 unspecified atom stereocenters. The van der Waals surface area contributed by atoms with Crippen LogP contribution in [0.15, 0.2) is 24.4 Å². The molecule has 1 aliphatic rings. The fraction of sp³-hybridized carbons (Fsp3) is 0.440. The Balaban J connectivity index is 1.75. The molecule has 2 heterocycles. The summed E-state index contributed by atoms with van der Waals surface area (Å²) >= 11 is 0. The van der Waals surface area contributed by atoms with Gasteiger partial charge in [0.15, 0.2) is 11.3 Å². The van der Waals surface area contributed by atoms with Gasteiger partial charge in [0.1, 0.15) is 22.7 Å². The molecule has 0 fully saturated rings. The molecule has 2 aromatic heterocycles. The summed E-state index contributed by atoms with van der Waals surface area (Å²) in [5.74, 6) is 2.40. The molecule has 0 radical (unpaired) electrons. The summed E-state index contributed by atoms with van der Waals surface area (Å²) in [4.78, 5) is 32.8. The molecule has 0 spiro atoms. The summed E-state index contributed by atoms with van der Waals surface area (Å²) in [7, 11) is 6.08. The van der Waals surface area contributed by atoms with Gasteiger partial charge in [-0.25, -0.2) is 9.55 Å². The predicted octanol–water partition coefficient (Wildman–Crippen LogP) is 4.35. The zero-order chi connectivity index (χ0) is 24.8. The highest BCUT2D eigenvalue weighted by molar-refractivity contribution is 8.76. The number of aromatic nitrogens is 3. The van der Waals surface area contributed by atoms with Crippen LogP contribution in [0, 0.1) is 6.92 Å². The Bertz CT molecular complexity index is 1240. The van der Waals surface area contributed by atoms with E-state index in [1.165, 1.54) is 17.9 Å². The molecule has 1 aromatic carbocycles. The monoisotopic (exact) mass is 500 g/mol. The molecular weight excluding hydrogens is 470 g/mol. The molecule has 9 heteroatoms. The second kappa shape index (κ2) is 8.92. The van der Waals surface area contributed by atoms with Crippen LogP contribution in [0.2, 0.25) is 0 Å². The number of carbonyl (C=O) groups is 2. The molecule has 1 N–H and O–H groups in total. The number of ether oxygens (including phenoxy) is 2. The standard InChI is InChI=1S/C25H30N3O4S2/c1-14-19(12-33-34-13-21(29)32-7)28(9-8-20(14)31-6)23-26-17-10-15-16(11-18(17)27-23)25(4,5)22(30)24(15,2)3/h8-11H,12-13H2,1-7H3,(H,26,27)/q+1. The van der Waals surface area contributed by atoms with Gasteiger partial charge in [-0.2, -0.15) is 0 Å². The quantitative estimate of drug-likeness (QED) is 0.223. The fourth-order valence-corrected chi connectivity index (χ4v) is 6.71. The number of hydrogen-bond acceptors (Lipinski definition) is 7. The number of nitrogens with zero attached hydrogens (tertiary/aromatic N) is 2. The van der Waals surface area contributed by atoms with Crippen LogP contribution < -0.4 is 9.30 Å². The van der Waals surface area contributed by atoms with E-state index in [0.29, 0.717) is 11.7 Å². The van der Waals surface area contributed by atoms with Crippen molar-refractivity contribution in [3.8, 4) is 11.7 Å². The molecule has 0 atom stereocenters. The molecule has 0 saturated heterocycles. The van der Waals surface area contributed by atoms with E-state index in [2.05, 4.69) is 17.1 Å². The van der Waals surface area contributed by atoms with Gasteiger partial charge in [0, 0.05) is 22.5 Å². The SMILES string of the molecule is COC(=O)CSSCc1c(C)c(OC)cc[n+]1-c1nc2cc3c(cc2[nH]1)C(C)(C)C(=O)C3(C)C. The Hall–Kier alpha value is -2.52. The lowest BCUT2D eigenvalue weighted by Gasteiger charge is -2.21. The zero-order valence-corrected chi connectivity index (χ0v) is 22.2. The number of aromatic amines is 1. The maximum absolute atomic E-state index is 13.0. The third-order valence-electron chi connectivity index (χ3n) is 6.69. The Labute approximate surface area is 207 Å². The molecule has 7 nitrogen and oxygen atoms in total. The Morgan fingerprint density at radius 3 is 2.44 bits per heavy atom. The van der Waals surface area contributed by atoms with E-state index in [4.69, 9.17) is 14.5 Å². The number of ketones is 1. The van der Waals surface area contributed by atoms with Gasteiger partial charge in [-0.1, -0.05) is 26.6 Å². The van der Waals surface area contributed by atoms with Gasteiger partial charge in [-0.05, 0) is 57.9 Å². The van der Waals surface area contributed by atoms with Gasteiger partial charge in [-0.3, -0.25) is 9.59 Å². The van der Waals surface area contributed by atoms with E-state index in [1.807, 2.05) is 51.4 Å². The van der Waals surface area contributed by atoms with E-state index >= 15 is 0 Å². The summed E-state index contributed by atoms with van der Waals surface area (Å²) in [5, 5.41) is 0. The summed E-state index contributed by atoms with van der Waals surface area (Å²) < 4.78 is 12.3. The van der Waals surface area contributed by atoms with Crippen molar-refractivity contribution < 1.29 is 23.6 Å². The van der Waals surface area contributed by atoms with Gasteiger partial charge in [0.25, 0.3) is 0 Å². The number of H-pyrrole nitrogens is 1. The van der Waals surface area contributed by atoms with Crippen molar-refractivity contribution in [3.63, 3.8) is 0 Å². The Kier molecular flexibility index (Phi) is 6.46. The fourth-order valence-electron chi connectivity index (χ4n) is 4.74. The minimum Gasteiger partial charge on any atom is -0.496 e. The summed E-state index contributed by atoms with van der Waals surface area (Å²) in [6.45, 7) is 9.99. The number of fused-ring (bicyclic) bond motifs is 2. The summed E-state index contributed by atoms with van der Waals surface area (Å²) in [6.07, 6.45) is 1.94. The average Bonchev–Trinajstić information content (AvgIpc) is 3.28. The summed E-state index contributed by atoms with van der Waals surface area (Å²) in [6, 6.07) is 6.05. The van der Waals surface area contributed by atoms with Crippen LogP contribution in [0.3, 0.4) is 0 Å². The van der Waals surface area contributed by atoms with E-state index in [1.54, 1.807) is 17.9 Å². The van der Waals surface area contributed by atoms with Gasteiger partial charge in [0.05, 0.1) is 26.2 Å². The van der Waals surface area contributed by atoms with Crippen LogP contribution in [0.5, 0.6) is 5.75 Å². The molecule has 4 rings (SSSR count). The third-order valence-corrected chi connectivity index (χ3v) is 8.81. The zero-order valence-electron chi connectivity index (χ0n) is 20.6. The van der Waals surface area contributed by atoms with Crippen LogP contribution in [-0.2, 0) is 30.9 Å². The first-order valence-electron chi connectivity index (χ1n) is 11.0. The maximum atomic E-state index is 13.0. The van der Waals surface area contributed by atoms with Crippen molar-refractivity contribution >= 4 is 44.4 Å². The first-order chi connectivity index (χ1) is 16.0. The van der Waals surface area contributed by atoms with Gasteiger partial charge >= 0.3 is 11.9 Å².